The molecule has 35 heavy (non-hydrogen) atoms. The van der Waals surface area contributed by atoms with E-state index in [1.54, 1.807) is 30.6 Å². The van der Waals surface area contributed by atoms with Gasteiger partial charge in [-0.1, -0.05) is 32.1 Å². The third-order valence-electron chi connectivity index (χ3n) is 7.24. The molecule has 0 unspecified atom stereocenters. The van der Waals surface area contributed by atoms with Crippen LogP contribution in [0.25, 0.3) is 27.5 Å². The summed E-state index contributed by atoms with van der Waals surface area (Å²) in [6.45, 7) is 11.4. The van der Waals surface area contributed by atoms with Crippen molar-refractivity contribution >= 4 is 5.78 Å². The Bertz CT molecular complexity index is 1390. The molecule has 8 heteroatoms. The zero-order chi connectivity index (χ0) is 25.0. The number of hydrogen-bond donors (Lipinski definition) is 0. The average molecular weight is 474 g/mol. The quantitative estimate of drug-likeness (QED) is 0.423. The number of carbonyl (C=O) groups is 1. The van der Waals surface area contributed by atoms with Gasteiger partial charge in [0.1, 0.15) is 0 Å². The molecule has 1 aromatic carbocycles. The lowest BCUT2D eigenvalue weighted by atomic mass is 9.58. The van der Waals surface area contributed by atoms with Crippen molar-refractivity contribution in [3.8, 4) is 22.6 Å². The number of ketones is 1. The molecule has 0 N–H and O–H groups in total. The number of benzene rings is 1. The number of hydrogen-bond acceptors (Lipinski definition) is 4. The van der Waals surface area contributed by atoms with Crippen molar-refractivity contribution in [1.82, 2.24) is 15.0 Å². The van der Waals surface area contributed by atoms with Crippen LogP contribution >= 0.6 is 0 Å². The molecule has 2 aliphatic rings. The van der Waals surface area contributed by atoms with Gasteiger partial charge in [0.15, 0.2) is 11.6 Å². The summed E-state index contributed by atoms with van der Waals surface area (Å²) < 4.78 is 39.5. The van der Waals surface area contributed by atoms with E-state index < -0.39 is 17.2 Å². The Morgan fingerprint density at radius 1 is 1.06 bits per heavy atom. The number of alkyl halides is 3. The molecule has 3 atom stereocenters. The first-order valence-electron chi connectivity index (χ1n) is 11.3. The lowest BCUT2D eigenvalue weighted by molar-refractivity contribution is -0.137. The van der Waals surface area contributed by atoms with E-state index in [0.29, 0.717) is 35.6 Å². The van der Waals surface area contributed by atoms with Crippen molar-refractivity contribution in [2.75, 3.05) is 0 Å². The van der Waals surface area contributed by atoms with Crippen molar-refractivity contribution < 1.29 is 18.0 Å². The van der Waals surface area contributed by atoms with E-state index in [0.717, 1.165) is 23.3 Å². The van der Waals surface area contributed by atoms with Crippen LogP contribution in [0, 0.1) is 18.4 Å². The number of allylic oxidation sites excluding steroid dienone is 2. The molecule has 2 aromatic heterocycles. The largest absolute Gasteiger partial charge is 0.416 e. The van der Waals surface area contributed by atoms with Crippen LogP contribution in [0.1, 0.15) is 37.1 Å². The summed E-state index contributed by atoms with van der Waals surface area (Å²) >= 11 is 0. The van der Waals surface area contributed by atoms with Gasteiger partial charge in [-0.3, -0.25) is 4.98 Å². The molecule has 0 amide bonds. The number of halogens is 3. The van der Waals surface area contributed by atoms with Crippen LogP contribution in [-0.4, -0.2) is 20.7 Å². The molecule has 5 nitrogen and oxygen atoms in total. The van der Waals surface area contributed by atoms with Gasteiger partial charge < -0.3 is 4.79 Å². The molecule has 0 spiro atoms. The van der Waals surface area contributed by atoms with Gasteiger partial charge in [0, 0.05) is 40.4 Å². The highest BCUT2D eigenvalue weighted by Gasteiger charge is 2.49. The third-order valence-corrected chi connectivity index (χ3v) is 7.24. The second kappa shape index (κ2) is 8.12. The Morgan fingerprint density at radius 3 is 2.37 bits per heavy atom. The smallest absolute Gasteiger partial charge is 0.308 e. The number of aromatic nitrogens is 3. The molecule has 0 fully saturated rings. The predicted molar refractivity (Wildman–Crippen MR) is 124 cm³/mol. The van der Waals surface area contributed by atoms with Crippen LogP contribution in [0.3, 0.4) is 0 Å². The number of rotatable bonds is 2. The maximum absolute atomic E-state index is 13.2. The van der Waals surface area contributed by atoms with Crippen LogP contribution < -0.4 is 0 Å². The lowest BCUT2D eigenvalue weighted by Gasteiger charge is -2.46. The highest BCUT2D eigenvalue weighted by atomic mass is 19.4. The Kier molecular flexibility index (Phi) is 5.32. The maximum atomic E-state index is 13.2. The van der Waals surface area contributed by atoms with Gasteiger partial charge in [-0.15, -0.1) is 0 Å². The van der Waals surface area contributed by atoms with Crippen molar-refractivity contribution in [1.29, 1.82) is 0 Å². The summed E-state index contributed by atoms with van der Waals surface area (Å²) in [4.78, 5) is 30.0. The van der Waals surface area contributed by atoms with Gasteiger partial charge in [0.2, 0.25) is 5.70 Å². The molecule has 0 aliphatic heterocycles. The number of pyridine rings is 1. The summed E-state index contributed by atoms with van der Waals surface area (Å²) in [5.41, 5.74) is 2.08. The van der Waals surface area contributed by atoms with Gasteiger partial charge in [0.25, 0.3) is 0 Å². The van der Waals surface area contributed by atoms with E-state index in [2.05, 4.69) is 9.83 Å². The fraction of sp³-hybridized carbons (Fsp3) is 0.296. The molecule has 0 radical (unpaired) electrons. The fourth-order valence-electron chi connectivity index (χ4n) is 5.43. The van der Waals surface area contributed by atoms with Gasteiger partial charge in [-0.25, -0.2) is 14.8 Å². The summed E-state index contributed by atoms with van der Waals surface area (Å²) in [5.74, 6) is -0.118. The fourth-order valence-corrected chi connectivity index (χ4v) is 5.43. The minimum Gasteiger partial charge on any atom is -0.308 e. The van der Waals surface area contributed by atoms with E-state index >= 15 is 0 Å². The van der Waals surface area contributed by atoms with Crippen LogP contribution in [0.2, 0.25) is 0 Å². The monoisotopic (exact) mass is 474 g/mol. The van der Waals surface area contributed by atoms with Crippen molar-refractivity contribution in [3.63, 3.8) is 0 Å². The second-order valence-electron chi connectivity index (χ2n) is 9.26. The maximum Gasteiger partial charge on any atom is 0.416 e. The summed E-state index contributed by atoms with van der Waals surface area (Å²) in [7, 11) is 0. The van der Waals surface area contributed by atoms with Gasteiger partial charge >= 0.3 is 6.18 Å². The molecule has 0 saturated carbocycles. The van der Waals surface area contributed by atoms with Crippen LogP contribution in [0.4, 0.5) is 13.2 Å². The zero-order valence-corrected chi connectivity index (χ0v) is 19.1. The second-order valence-corrected chi connectivity index (χ2v) is 9.26. The van der Waals surface area contributed by atoms with E-state index in [4.69, 9.17) is 16.5 Å². The number of carbonyl (C=O) groups excluding carboxylic acids is 1. The molecule has 0 saturated heterocycles. The Morgan fingerprint density at radius 2 is 1.74 bits per heavy atom. The van der Waals surface area contributed by atoms with Crippen LogP contribution in [0.5, 0.6) is 0 Å². The highest BCUT2D eigenvalue weighted by Crippen LogP contribution is 2.51. The topological polar surface area (TPSA) is 60.1 Å². The summed E-state index contributed by atoms with van der Waals surface area (Å²) in [6.07, 6.45) is 1.81. The zero-order valence-electron chi connectivity index (χ0n) is 19.1. The van der Waals surface area contributed by atoms with E-state index in [1.165, 1.54) is 12.1 Å². The van der Waals surface area contributed by atoms with Gasteiger partial charge in [0.05, 0.1) is 23.5 Å². The SMILES string of the molecule is [C-]#[N+]C1=C[C@@]2(C)c3nc(-c4ccncc4)nc(-c4ccc(C(F)(F)F)cc4)c3CC[C@@H]2[C@@H](C)C1=O. The van der Waals surface area contributed by atoms with E-state index in [9.17, 15) is 18.0 Å². The molecule has 3 aromatic rings. The highest BCUT2D eigenvalue weighted by molar-refractivity contribution is 6.00. The Labute approximate surface area is 200 Å². The first kappa shape index (κ1) is 22.9. The molecular formula is C27H21F3N4O. The Hall–Kier alpha value is -3.86. The number of nitrogens with zero attached hydrogens (tertiary/aromatic N) is 4. The average Bonchev–Trinajstić information content (AvgIpc) is 2.86. The van der Waals surface area contributed by atoms with Crippen molar-refractivity contribution in [2.45, 2.75) is 38.3 Å². The molecular weight excluding hydrogens is 453 g/mol. The van der Waals surface area contributed by atoms with E-state index in [-0.39, 0.29) is 23.3 Å². The standard InChI is InChI=1S/C27H21F3N4O/c1-15-20-9-8-19-22(16-4-6-18(7-5-16)27(28,29)30)33-25(17-10-12-32-13-11-17)34-24(19)26(20,2)14-21(31-3)23(15)35/h4-7,10-15,20H,8-9H2,1-2H3/t15-,20-,26-/m1/s1. The van der Waals surface area contributed by atoms with Crippen molar-refractivity contribution in [2.24, 2.45) is 11.8 Å². The molecule has 2 heterocycles. The molecule has 2 aliphatic carbocycles. The van der Waals surface area contributed by atoms with E-state index in [1.807, 2.05) is 13.8 Å². The molecule has 176 valence electrons. The summed E-state index contributed by atoms with van der Waals surface area (Å²) in [5, 5.41) is 0. The minimum absolute atomic E-state index is 0.0476. The normalized spacial score (nSPS) is 23.7. The summed E-state index contributed by atoms with van der Waals surface area (Å²) in [6, 6.07) is 8.53. The first-order valence-corrected chi connectivity index (χ1v) is 11.3. The predicted octanol–water partition coefficient (Wildman–Crippen LogP) is 6.07. The number of Topliss-reactive ketones (excluding diaryl/α,β-unsaturated/α-hetero) is 1. The molecule has 5 rings (SSSR count). The van der Waals surface area contributed by atoms with Gasteiger partial charge in [-0.2, -0.15) is 13.2 Å². The van der Waals surface area contributed by atoms with Crippen LogP contribution in [-0.2, 0) is 22.8 Å². The first-order chi connectivity index (χ1) is 16.6. The Balaban J connectivity index is 1.77. The lowest BCUT2D eigenvalue weighted by Crippen LogP contribution is -2.46. The minimum atomic E-state index is -4.43. The van der Waals surface area contributed by atoms with Gasteiger partial charge in [-0.05, 0) is 43.0 Å². The molecule has 0 bridgehead atoms. The third kappa shape index (κ3) is 3.72. The van der Waals surface area contributed by atoms with Crippen molar-refractivity contribution in [3.05, 3.63) is 88.8 Å². The number of fused-ring (bicyclic) bond motifs is 3. The van der Waals surface area contributed by atoms with Crippen LogP contribution in [0.15, 0.2) is 60.6 Å².